The van der Waals surface area contributed by atoms with Crippen LogP contribution in [0.4, 0.5) is 5.69 Å². The SMILES string of the molecule is CC(=O)NCCCN(c1ccccc1)S(=O)(=O)c1cccc(C)c1. The fourth-order valence-corrected chi connectivity index (χ4v) is 3.98. The molecule has 2 aromatic rings. The molecule has 0 fully saturated rings. The first kappa shape index (κ1) is 18.0. The van der Waals surface area contributed by atoms with E-state index < -0.39 is 10.0 Å². The van der Waals surface area contributed by atoms with E-state index in [4.69, 9.17) is 0 Å². The monoisotopic (exact) mass is 346 g/mol. The maximum absolute atomic E-state index is 13.1. The Hall–Kier alpha value is -2.34. The zero-order valence-corrected chi connectivity index (χ0v) is 14.7. The van der Waals surface area contributed by atoms with Gasteiger partial charge in [0, 0.05) is 20.0 Å². The number of benzene rings is 2. The van der Waals surface area contributed by atoms with Gasteiger partial charge in [-0.3, -0.25) is 9.10 Å². The number of carbonyl (C=O) groups is 1. The number of nitrogens with one attached hydrogen (secondary N) is 1. The summed E-state index contributed by atoms with van der Waals surface area (Å²) in [5.41, 5.74) is 1.50. The summed E-state index contributed by atoms with van der Waals surface area (Å²) in [6, 6.07) is 15.9. The lowest BCUT2D eigenvalue weighted by atomic mass is 10.2. The number of carbonyl (C=O) groups excluding carboxylic acids is 1. The minimum atomic E-state index is -3.66. The van der Waals surface area contributed by atoms with Crippen molar-refractivity contribution in [3.05, 3.63) is 60.2 Å². The van der Waals surface area contributed by atoms with Crippen LogP contribution in [0.1, 0.15) is 18.9 Å². The number of sulfonamides is 1. The summed E-state index contributed by atoms with van der Waals surface area (Å²) in [6.07, 6.45) is 0.527. The Labute approximate surface area is 143 Å². The summed E-state index contributed by atoms with van der Waals surface area (Å²) in [4.78, 5) is 11.2. The Morgan fingerprint density at radius 3 is 2.42 bits per heavy atom. The Kier molecular flexibility index (Phi) is 5.98. The zero-order valence-electron chi connectivity index (χ0n) is 13.9. The van der Waals surface area contributed by atoms with Crippen molar-refractivity contribution in [2.45, 2.75) is 25.2 Å². The summed E-state index contributed by atoms with van der Waals surface area (Å²) >= 11 is 0. The molecule has 1 N–H and O–H groups in total. The van der Waals surface area contributed by atoms with E-state index in [9.17, 15) is 13.2 Å². The minimum absolute atomic E-state index is 0.122. The van der Waals surface area contributed by atoms with Gasteiger partial charge in [-0.15, -0.1) is 0 Å². The second-order valence-electron chi connectivity index (χ2n) is 5.57. The van der Waals surface area contributed by atoms with Gasteiger partial charge >= 0.3 is 0 Å². The lowest BCUT2D eigenvalue weighted by molar-refractivity contribution is -0.118. The second kappa shape index (κ2) is 7.97. The number of rotatable bonds is 7. The largest absolute Gasteiger partial charge is 0.356 e. The van der Waals surface area contributed by atoms with E-state index in [1.54, 1.807) is 30.3 Å². The highest BCUT2D eigenvalue weighted by Crippen LogP contribution is 2.24. The zero-order chi connectivity index (χ0) is 17.6. The van der Waals surface area contributed by atoms with Crippen molar-refractivity contribution in [2.24, 2.45) is 0 Å². The summed E-state index contributed by atoms with van der Waals surface area (Å²) < 4.78 is 27.5. The van der Waals surface area contributed by atoms with Crippen LogP contribution in [0.25, 0.3) is 0 Å². The molecule has 0 bridgehead atoms. The van der Waals surface area contributed by atoms with Crippen molar-refractivity contribution in [1.29, 1.82) is 0 Å². The van der Waals surface area contributed by atoms with Gasteiger partial charge in [-0.25, -0.2) is 8.42 Å². The van der Waals surface area contributed by atoms with Crippen LogP contribution in [0.2, 0.25) is 0 Å². The molecule has 128 valence electrons. The Morgan fingerprint density at radius 1 is 1.08 bits per heavy atom. The van der Waals surface area contributed by atoms with Gasteiger partial charge in [-0.2, -0.15) is 0 Å². The van der Waals surface area contributed by atoms with Crippen molar-refractivity contribution in [3.63, 3.8) is 0 Å². The molecule has 0 saturated heterocycles. The van der Waals surface area contributed by atoms with Gasteiger partial charge in [-0.05, 0) is 43.2 Å². The van der Waals surface area contributed by atoms with Crippen LogP contribution in [-0.2, 0) is 14.8 Å². The first-order chi connectivity index (χ1) is 11.4. The number of aryl methyl sites for hydroxylation is 1. The summed E-state index contributed by atoms with van der Waals surface area (Å²) in [5, 5.41) is 2.69. The van der Waals surface area contributed by atoms with E-state index >= 15 is 0 Å². The van der Waals surface area contributed by atoms with Crippen molar-refractivity contribution >= 4 is 21.6 Å². The summed E-state index contributed by atoms with van der Waals surface area (Å²) in [6.45, 7) is 4.03. The van der Waals surface area contributed by atoms with E-state index in [0.717, 1.165) is 5.56 Å². The van der Waals surface area contributed by atoms with Crippen molar-refractivity contribution in [1.82, 2.24) is 5.32 Å². The highest BCUT2D eigenvalue weighted by atomic mass is 32.2. The lowest BCUT2D eigenvalue weighted by Gasteiger charge is -2.24. The van der Waals surface area contributed by atoms with Crippen molar-refractivity contribution < 1.29 is 13.2 Å². The summed E-state index contributed by atoms with van der Waals surface area (Å²) in [7, 11) is -3.66. The van der Waals surface area contributed by atoms with Crippen LogP contribution >= 0.6 is 0 Å². The molecule has 2 aromatic carbocycles. The van der Waals surface area contributed by atoms with Crippen molar-refractivity contribution in [2.75, 3.05) is 17.4 Å². The van der Waals surface area contributed by atoms with Crippen LogP contribution in [-0.4, -0.2) is 27.4 Å². The minimum Gasteiger partial charge on any atom is -0.356 e. The van der Waals surface area contributed by atoms with Crippen molar-refractivity contribution in [3.8, 4) is 0 Å². The molecule has 0 heterocycles. The number of amides is 1. The van der Waals surface area contributed by atoms with Gasteiger partial charge < -0.3 is 5.32 Å². The Morgan fingerprint density at radius 2 is 1.79 bits per heavy atom. The van der Waals surface area contributed by atoms with Gasteiger partial charge in [0.15, 0.2) is 0 Å². The fourth-order valence-electron chi connectivity index (χ4n) is 2.37. The molecule has 2 rings (SSSR count). The maximum atomic E-state index is 13.1. The van der Waals surface area contributed by atoms with Crippen LogP contribution < -0.4 is 9.62 Å². The topological polar surface area (TPSA) is 66.5 Å². The second-order valence-corrected chi connectivity index (χ2v) is 7.43. The molecule has 1 amide bonds. The third-order valence-electron chi connectivity index (χ3n) is 3.53. The van der Waals surface area contributed by atoms with Gasteiger partial charge in [0.2, 0.25) is 5.91 Å². The van der Waals surface area contributed by atoms with Gasteiger partial charge in [-0.1, -0.05) is 30.3 Å². The normalized spacial score (nSPS) is 11.1. The summed E-state index contributed by atoms with van der Waals surface area (Å²) in [5.74, 6) is -0.122. The van der Waals surface area contributed by atoms with E-state index in [0.29, 0.717) is 25.2 Å². The van der Waals surface area contributed by atoms with Gasteiger partial charge in [0.05, 0.1) is 10.6 Å². The molecule has 0 aliphatic carbocycles. The first-order valence-corrected chi connectivity index (χ1v) is 9.24. The van der Waals surface area contributed by atoms with Crippen LogP contribution in [0, 0.1) is 6.92 Å². The van der Waals surface area contributed by atoms with Gasteiger partial charge in [0.1, 0.15) is 0 Å². The van der Waals surface area contributed by atoms with E-state index in [1.807, 2.05) is 31.2 Å². The van der Waals surface area contributed by atoms with Crippen LogP contribution in [0.3, 0.4) is 0 Å². The molecule has 0 atom stereocenters. The van der Waals surface area contributed by atoms with E-state index in [-0.39, 0.29) is 10.8 Å². The number of hydrogen-bond donors (Lipinski definition) is 1. The van der Waals surface area contributed by atoms with Crippen LogP contribution in [0.5, 0.6) is 0 Å². The Balaban J connectivity index is 2.29. The molecule has 0 radical (unpaired) electrons. The smallest absolute Gasteiger partial charge is 0.264 e. The lowest BCUT2D eigenvalue weighted by Crippen LogP contribution is -2.34. The molecular weight excluding hydrogens is 324 g/mol. The molecule has 6 heteroatoms. The third-order valence-corrected chi connectivity index (χ3v) is 5.36. The number of para-hydroxylation sites is 1. The molecule has 0 aliphatic rings. The third kappa shape index (κ3) is 4.58. The molecule has 0 aliphatic heterocycles. The molecule has 0 aromatic heterocycles. The highest BCUT2D eigenvalue weighted by Gasteiger charge is 2.24. The predicted octanol–water partition coefficient (Wildman–Crippen LogP) is 2.72. The number of hydrogen-bond acceptors (Lipinski definition) is 3. The number of nitrogens with zero attached hydrogens (tertiary/aromatic N) is 1. The molecule has 0 spiro atoms. The molecule has 5 nitrogen and oxygen atoms in total. The van der Waals surface area contributed by atoms with E-state index in [2.05, 4.69) is 5.32 Å². The fraction of sp³-hybridized carbons (Fsp3) is 0.278. The number of anilines is 1. The maximum Gasteiger partial charge on any atom is 0.264 e. The average Bonchev–Trinajstić information content (AvgIpc) is 2.55. The molecule has 0 saturated carbocycles. The molecule has 0 unspecified atom stereocenters. The molecule has 24 heavy (non-hydrogen) atoms. The highest BCUT2D eigenvalue weighted by molar-refractivity contribution is 7.92. The standard InChI is InChI=1S/C18H22N2O3S/c1-15-8-6-11-18(14-15)24(22,23)20(13-7-12-19-16(2)21)17-9-4-3-5-10-17/h3-6,8-11,14H,7,12-13H2,1-2H3,(H,19,21). The quantitative estimate of drug-likeness (QED) is 0.784. The van der Waals surface area contributed by atoms with E-state index in [1.165, 1.54) is 11.2 Å². The molecular formula is C18H22N2O3S. The van der Waals surface area contributed by atoms with Gasteiger partial charge in [0.25, 0.3) is 10.0 Å². The van der Waals surface area contributed by atoms with Crippen LogP contribution in [0.15, 0.2) is 59.5 Å². The predicted molar refractivity (Wildman–Crippen MR) is 95.5 cm³/mol. The Bertz CT molecular complexity index is 789. The first-order valence-electron chi connectivity index (χ1n) is 7.80. The average molecular weight is 346 g/mol.